The van der Waals surface area contributed by atoms with Crippen LogP contribution in [0.15, 0.2) is 24.3 Å². The molecule has 0 unspecified atom stereocenters. The maximum absolute atomic E-state index is 5.84. The van der Waals surface area contributed by atoms with Crippen molar-refractivity contribution in [3.05, 3.63) is 24.3 Å². The van der Waals surface area contributed by atoms with E-state index in [1.165, 1.54) is 6.42 Å². The van der Waals surface area contributed by atoms with Crippen molar-refractivity contribution in [3.63, 3.8) is 0 Å². The average Bonchev–Trinajstić information content (AvgIpc) is 2.31. The van der Waals surface area contributed by atoms with Gasteiger partial charge in [0.25, 0.3) is 0 Å². The standard InChI is InChI=1S/C12H17NO2/c1-14-10-4-6-11(7-5-10)15-12-3-2-8-13-9-12/h4-7,12-13H,2-3,8-9H2,1H3/t12-/m1/s1. The second-order valence-corrected chi connectivity index (χ2v) is 3.76. The van der Waals surface area contributed by atoms with Crippen LogP contribution in [0, 0.1) is 0 Å². The topological polar surface area (TPSA) is 30.5 Å². The van der Waals surface area contributed by atoms with E-state index in [0.29, 0.717) is 6.10 Å². The Labute approximate surface area is 90.4 Å². The lowest BCUT2D eigenvalue weighted by molar-refractivity contribution is 0.167. The van der Waals surface area contributed by atoms with Crippen molar-refractivity contribution in [1.29, 1.82) is 0 Å². The molecule has 0 saturated carbocycles. The molecule has 1 fully saturated rings. The molecule has 3 heteroatoms. The number of piperidine rings is 1. The number of nitrogens with one attached hydrogen (secondary N) is 1. The molecular weight excluding hydrogens is 190 g/mol. The molecule has 0 aromatic heterocycles. The quantitative estimate of drug-likeness (QED) is 0.820. The zero-order chi connectivity index (χ0) is 10.5. The van der Waals surface area contributed by atoms with Crippen molar-refractivity contribution in [3.8, 4) is 11.5 Å². The lowest BCUT2D eigenvalue weighted by atomic mass is 10.1. The van der Waals surface area contributed by atoms with Gasteiger partial charge in [-0.05, 0) is 43.7 Å². The van der Waals surface area contributed by atoms with Crippen LogP contribution in [0.25, 0.3) is 0 Å². The van der Waals surface area contributed by atoms with Gasteiger partial charge >= 0.3 is 0 Å². The van der Waals surface area contributed by atoms with Crippen LogP contribution < -0.4 is 14.8 Å². The van der Waals surface area contributed by atoms with E-state index in [1.807, 2.05) is 24.3 Å². The molecule has 1 aliphatic heterocycles. The summed E-state index contributed by atoms with van der Waals surface area (Å²) in [4.78, 5) is 0. The third kappa shape index (κ3) is 2.86. The maximum atomic E-state index is 5.84. The van der Waals surface area contributed by atoms with E-state index in [9.17, 15) is 0 Å². The smallest absolute Gasteiger partial charge is 0.120 e. The van der Waals surface area contributed by atoms with Crippen molar-refractivity contribution in [1.82, 2.24) is 5.32 Å². The van der Waals surface area contributed by atoms with Crippen LogP contribution in [-0.4, -0.2) is 26.3 Å². The van der Waals surface area contributed by atoms with Crippen LogP contribution in [0.4, 0.5) is 0 Å². The van der Waals surface area contributed by atoms with Gasteiger partial charge in [-0.1, -0.05) is 0 Å². The highest BCUT2D eigenvalue weighted by atomic mass is 16.5. The van der Waals surface area contributed by atoms with E-state index in [4.69, 9.17) is 9.47 Å². The highest BCUT2D eigenvalue weighted by molar-refractivity contribution is 5.31. The van der Waals surface area contributed by atoms with Gasteiger partial charge in [0, 0.05) is 6.54 Å². The van der Waals surface area contributed by atoms with E-state index in [0.717, 1.165) is 31.0 Å². The predicted molar refractivity (Wildman–Crippen MR) is 59.5 cm³/mol. The largest absolute Gasteiger partial charge is 0.497 e. The van der Waals surface area contributed by atoms with Crippen LogP contribution in [0.1, 0.15) is 12.8 Å². The Kier molecular flexibility index (Phi) is 3.45. The fourth-order valence-corrected chi connectivity index (χ4v) is 1.77. The van der Waals surface area contributed by atoms with Gasteiger partial charge in [-0.3, -0.25) is 0 Å². The molecule has 3 nitrogen and oxygen atoms in total. The normalized spacial score (nSPS) is 21.0. The van der Waals surface area contributed by atoms with Gasteiger partial charge in [-0.15, -0.1) is 0 Å². The molecular formula is C12H17NO2. The van der Waals surface area contributed by atoms with E-state index in [2.05, 4.69) is 5.32 Å². The summed E-state index contributed by atoms with van der Waals surface area (Å²) in [5, 5.41) is 3.33. The summed E-state index contributed by atoms with van der Waals surface area (Å²) in [6, 6.07) is 7.75. The van der Waals surface area contributed by atoms with Gasteiger partial charge in [0.1, 0.15) is 17.6 Å². The molecule has 1 saturated heterocycles. The average molecular weight is 207 g/mol. The zero-order valence-electron chi connectivity index (χ0n) is 9.03. The number of hydrogen-bond acceptors (Lipinski definition) is 3. The van der Waals surface area contributed by atoms with Gasteiger partial charge in [0.15, 0.2) is 0 Å². The fraction of sp³-hybridized carbons (Fsp3) is 0.500. The number of hydrogen-bond donors (Lipinski definition) is 1. The lowest BCUT2D eigenvalue weighted by Gasteiger charge is -2.23. The molecule has 1 N–H and O–H groups in total. The van der Waals surface area contributed by atoms with Gasteiger partial charge in [0.2, 0.25) is 0 Å². The summed E-state index contributed by atoms with van der Waals surface area (Å²) in [6.07, 6.45) is 2.65. The molecule has 0 aliphatic carbocycles. The number of methoxy groups -OCH3 is 1. The summed E-state index contributed by atoms with van der Waals surface area (Å²) in [7, 11) is 1.67. The maximum Gasteiger partial charge on any atom is 0.120 e. The minimum absolute atomic E-state index is 0.312. The first-order valence-corrected chi connectivity index (χ1v) is 5.40. The summed E-state index contributed by atoms with van der Waals surface area (Å²) in [5.74, 6) is 1.79. The highest BCUT2D eigenvalue weighted by Gasteiger charge is 2.13. The number of rotatable bonds is 3. The van der Waals surface area contributed by atoms with Crippen molar-refractivity contribution in [2.24, 2.45) is 0 Å². The fourth-order valence-electron chi connectivity index (χ4n) is 1.77. The molecule has 1 aromatic rings. The molecule has 2 rings (SSSR count). The Morgan fingerprint density at radius 2 is 1.93 bits per heavy atom. The van der Waals surface area contributed by atoms with Gasteiger partial charge in [0.05, 0.1) is 7.11 Å². The summed E-state index contributed by atoms with van der Waals surface area (Å²) >= 11 is 0. The second-order valence-electron chi connectivity index (χ2n) is 3.76. The molecule has 1 aliphatic rings. The Balaban J connectivity index is 1.91. The van der Waals surface area contributed by atoms with Crippen molar-refractivity contribution in [2.75, 3.05) is 20.2 Å². The van der Waals surface area contributed by atoms with Crippen molar-refractivity contribution >= 4 is 0 Å². The lowest BCUT2D eigenvalue weighted by Crippen LogP contribution is -2.37. The molecule has 0 radical (unpaired) electrons. The van der Waals surface area contributed by atoms with Crippen LogP contribution in [0.5, 0.6) is 11.5 Å². The third-order valence-corrected chi connectivity index (χ3v) is 2.61. The van der Waals surface area contributed by atoms with Crippen LogP contribution in [0.2, 0.25) is 0 Å². The van der Waals surface area contributed by atoms with E-state index in [1.54, 1.807) is 7.11 Å². The predicted octanol–water partition coefficient (Wildman–Crippen LogP) is 1.83. The molecule has 0 bridgehead atoms. The molecule has 82 valence electrons. The van der Waals surface area contributed by atoms with E-state index >= 15 is 0 Å². The molecule has 1 aromatic carbocycles. The van der Waals surface area contributed by atoms with E-state index in [-0.39, 0.29) is 0 Å². The first-order valence-electron chi connectivity index (χ1n) is 5.40. The molecule has 1 heterocycles. The molecule has 0 amide bonds. The zero-order valence-corrected chi connectivity index (χ0v) is 9.03. The van der Waals surface area contributed by atoms with Crippen molar-refractivity contribution in [2.45, 2.75) is 18.9 Å². The highest BCUT2D eigenvalue weighted by Crippen LogP contribution is 2.19. The Morgan fingerprint density at radius 3 is 2.53 bits per heavy atom. The molecule has 1 atom stereocenters. The summed E-state index contributed by atoms with van der Waals surface area (Å²) in [5.41, 5.74) is 0. The van der Waals surface area contributed by atoms with Gasteiger partial charge in [-0.2, -0.15) is 0 Å². The monoisotopic (exact) mass is 207 g/mol. The van der Waals surface area contributed by atoms with Crippen LogP contribution in [0.3, 0.4) is 0 Å². The molecule has 0 spiro atoms. The summed E-state index contributed by atoms with van der Waals surface area (Å²) < 4.78 is 10.9. The molecule has 15 heavy (non-hydrogen) atoms. The van der Waals surface area contributed by atoms with Crippen LogP contribution in [-0.2, 0) is 0 Å². The Hall–Kier alpha value is -1.22. The van der Waals surface area contributed by atoms with E-state index < -0.39 is 0 Å². The number of benzene rings is 1. The first kappa shape index (κ1) is 10.3. The first-order chi connectivity index (χ1) is 7.38. The van der Waals surface area contributed by atoms with Gasteiger partial charge in [-0.25, -0.2) is 0 Å². The summed E-state index contributed by atoms with van der Waals surface area (Å²) in [6.45, 7) is 2.06. The van der Waals surface area contributed by atoms with Crippen molar-refractivity contribution < 1.29 is 9.47 Å². The Bertz CT molecular complexity index is 291. The second kappa shape index (κ2) is 5.03. The number of ether oxygens (including phenoxy) is 2. The SMILES string of the molecule is COc1ccc(O[C@@H]2CCCNC2)cc1. The minimum atomic E-state index is 0.312. The minimum Gasteiger partial charge on any atom is -0.497 e. The van der Waals surface area contributed by atoms with Gasteiger partial charge < -0.3 is 14.8 Å². The Morgan fingerprint density at radius 1 is 1.20 bits per heavy atom. The third-order valence-electron chi connectivity index (χ3n) is 2.61. The van der Waals surface area contributed by atoms with Crippen LogP contribution >= 0.6 is 0 Å².